The van der Waals surface area contributed by atoms with Crippen molar-refractivity contribution in [2.45, 2.75) is 43.5 Å². The molecule has 5 nitrogen and oxygen atoms in total. The van der Waals surface area contributed by atoms with Gasteiger partial charge in [-0.15, -0.1) is 0 Å². The molecule has 0 bridgehead atoms. The number of aromatic nitrogens is 1. The Morgan fingerprint density at radius 3 is 2.89 bits per heavy atom. The molecule has 1 heterocycles. The standard InChI is InChI=1S/C12H19N3O2S/c1-9-3-2-4-10(7-9)15-18(16,17)12-8-14-6-5-11(12)13/h5-6,8-10,15H,2-4,7H2,1H3,(H2,13,14). The quantitative estimate of drug-likeness (QED) is 0.871. The smallest absolute Gasteiger partial charge is 0.244 e. The molecule has 1 aromatic heterocycles. The van der Waals surface area contributed by atoms with Crippen LogP contribution >= 0.6 is 0 Å². The van der Waals surface area contributed by atoms with E-state index < -0.39 is 10.0 Å². The van der Waals surface area contributed by atoms with Crippen LogP contribution in [0.3, 0.4) is 0 Å². The maximum Gasteiger partial charge on any atom is 0.244 e. The van der Waals surface area contributed by atoms with Gasteiger partial charge in [-0.3, -0.25) is 4.98 Å². The van der Waals surface area contributed by atoms with E-state index in [1.165, 1.54) is 24.9 Å². The van der Waals surface area contributed by atoms with Crippen LogP contribution in [0.25, 0.3) is 0 Å². The van der Waals surface area contributed by atoms with Crippen LogP contribution in [-0.2, 0) is 10.0 Å². The topological polar surface area (TPSA) is 85.1 Å². The lowest BCUT2D eigenvalue weighted by Crippen LogP contribution is -2.38. The van der Waals surface area contributed by atoms with Crippen molar-refractivity contribution in [2.75, 3.05) is 5.73 Å². The highest BCUT2D eigenvalue weighted by molar-refractivity contribution is 7.89. The monoisotopic (exact) mass is 269 g/mol. The number of nitrogens with two attached hydrogens (primary N) is 1. The molecule has 2 atom stereocenters. The molecule has 100 valence electrons. The zero-order valence-corrected chi connectivity index (χ0v) is 11.3. The molecule has 1 saturated carbocycles. The van der Waals surface area contributed by atoms with Crippen LogP contribution in [-0.4, -0.2) is 19.4 Å². The van der Waals surface area contributed by atoms with E-state index in [1.807, 2.05) is 0 Å². The second kappa shape index (κ2) is 5.24. The SMILES string of the molecule is CC1CCCC(NS(=O)(=O)c2cnccc2N)C1. The molecule has 0 saturated heterocycles. The van der Waals surface area contributed by atoms with Crippen LogP contribution in [0.2, 0.25) is 0 Å². The number of nitrogens with one attached hydrogen (secondary N) is 1. The normalized spacial score (nSPS) is 24.9. The van der Waals surface area contributed by atoms with Crippen molar-refractivity contribution in [1.82, 2.24) is 9.71 Å². The summed E-state index contributed by atoms with van der Waals surface area (Å²) in [6.45, 7) is 2.15. The molecule has 0 aliphatic heterocycles. The van der Waals surface area contributed by atoms with Crippen molar-refractivity contribution >= 4 is 15.7 Å². The van der Waals surface area contributed by atoms with E-state index in [0.29, 0.717) is 5.92 Å². The van der Waals surface area contributed by atoms with Crippen molar-refractivity contribution in [3.05, 3.63) is 18.5 Å². The van der Waals surface area contributed by atoms with Crippen molar-refractivity contribution in [2.24, 2.45) is 5.92 Å². The summed E-state index contributed by atoms with van der Waals surface area (Å²) in [6, 6.07) is 1.51. The van der Waals surface area contributed by atoms with E-state index in [0.717, 1.165) is 19.3 Å². The summed E-state index contributed by atoms with van der Waals surface area (Å²) in [5.41, 5.74) is 5.92. The summed E-state index contributed by atoms with van der Waals surface area (Å²) in [5.74, 6) is 0.567. The van der Waals surface area contributed by atoms with E-state index in [-0.39, 0.29) is 16.6 Å². The number of sulfonamides is 1. The fourth-order valence-corrected chi connectivity index (χ4v) is 3.80. The third-order valence-corrected chi connectivity index (χ3v) is 4.93. The number of rotatable bonds is 3. The Labute approximate surface area is 108 Å². The molecule has 6 heteroatoms. The van der Waals surface area contributed by atoms with Gasteiger partial charge in [0.25, 0.3) is 0 Å². The second-order valence-electron chi connectivity index (χ2n) is 5.00. The Bertz CT molecular complexity index is 516. The molecule has 0 radical (unpaired) electrons. The van der Waals surface area contributed by atoms with Gasteiger partial charge in [-0.05, 0) is 24.8 Å². The van der Waals surface area contributed by atoms with Gasteiger partial charge in [0.05, 0.1) is 5.69 Å². The largest absolute Gasteiger partial charge is 0.398 e. The van der Waals surface area contributed by atoms with Crippen LogP contribution < -0.4 is 10.5 Å². The predicted octanol–water partition coefficient (Wildman–Crippen LogP) is 1.52. The zero-order valence-electron chi connectivity index (χ0n) is 10.5. The lowest BCUT2D eigenvalue weighted by Gasteiger charge is -2.27. The minimum atomic E-state index is -3.55. The predicted molar refractivity (Wildman–Crippen MR) is 70.4 cm³/mol. The molecule has 18 heavy (non-hydrogen) atoms. The number of pyridine rings is 1. The van der Waals surface area contributed by atoms with E-state index in [9.17, 15) is 8.42 Å². The van der Waals surface area contributed by atoms with Gasteiger partial charge in [-0.2, -0.15) is 0 Å². The fourth-order valence-electron chi connectivity index (χ4n) is 2.44. The first-order valence-corrected chi connectivity index (χ1v) is 7.69. The van der Waals surface area contributed by atoms with Gasteiger partial charge in [0.1, 0.15) is 4.90 Å². The molecular weight excluding hydrogens is 250 g/mol. The van der Waals surface area contributed by atoms with Crippen molar-refractivity contribution in [1.29, 1.82) is 0 Å². The molecule has 0 spiro atoms. The maximum absolute atomic E-state index is 12.2. The number of nitrogens with zero attached hydrogens (tertiary/aromatic N) is 1. The molecular formula is C12H19N3O2S. The molecule has 1 aliphatic carbocycles. The Kier molecular flexibility index (Phi) is 3.87. The molecule has 0 amide bonds. The van der Waals surface area contributed by atoms with Gasteiger partial charge >= 0.3 is 0 Å². The molecule has 1 fully saturated rings. The molecule has 1 aromatic rings. The number of nitrogen functional groups attached to an aromatic ring is 1. The van der Waals surface area contributed by atoms with Crippen LogP contribution in [0.5, 0.6) is 0 Å². The summed E-state index contributed by atoms with van der Waals surface area (Å²) in [7, 11) is -3.55. The summed E-state index contributed by atoms with van der Waals surface area (Å²) >= 11 is 0. The highest BCUT2D eigenvalue weighted by atomic mass is 32.2. The van der Waals surface area contributed by atoms with E-state index >= 15 is 0 Å². The van der Waals surface area contributed by atoms with Crippen LogP contribution in [0.1, 0.15) is 32.6 Å². The third kappa shape index (κ3) is 3.00. The third-order valence-electron chi connectivity index (χ3n) is 3.36. The lowest BCUT2D eigenvalue weighted by molar-refractivity contribution is 0.327. The van der Waals surface area contributed by atoms with E-state index in [4.69, 9.17) is 5.73 Å². The minimum absolute atomic E-state index is 0.0124. The summed E-state index contributed by atoms with van der Waals surface area (Å²) in [5, 5.41) is 0. The number of hydrogen-bond acceptors (Lipinski definition) is 4. The fraction of sp³-hybridized carbons (Fsp3) is 0.583. The van der Waals surface area contributed by atoms with Gasteiger partial charge in [0.2, 0.25) is 10.0 Å². The lowest BCUT2D eigenvalue weighted by atomic mass is 9.88. The van der Waals surface area contributed by atoms with Crippen LogP contribution in [0.15, 0.2) is 23.4 Å². The van der Waals surface area contributed by atoms with Gasteiger partial charge in [-0.1, -0.05) is 19.8 Å². The summed E-state index contributed by atoms with van der Waals surface area (Å²) < 4.78 is 27.1. The highest BCUT2D eigenvalue weighted by Gasteiger charge is 2.25. The Morgan fingerprint density at radius 1 is 1.44 bits per heavy atom. The molecule has 0 aromatic carbocycles. The zero-order chi connectivity index (χ0) is 13.2. The summed E-state index contributed by atoms with van der Waals surface area (Å²) in [4.78, 5) is 3.89. The van der Waals surface area contributed by atoms with Gasteiger partial charge in [0, 0.05) is 18.4 Å². The first-order chi connectivity index (χ1) is 8.49. The van der Waals surface area contributed by atoms with Gasteiger partial charge in [0.15, 0.2) is 0 Å². The molecule has 3 N–H and O–H groups in total. The number of anilines is 1. The maximum atomic E-state index is 12.2. The molecule has 2 rings (SSSR count). The number of hydrogen-bond donors (Lipinski definition) is 2. The van der Waals surface area contributed by atoms with Crippen molar-refractivity contribution < 1.29 is 8.42 Å². The average Bonchev–Trinajstić information content (AvgIpc) is 2.28. The van der Waals surface area contributed by atoms with Gasteiger partial charge < -0.3 is 5.73 Å². The van der Waals surface area contributed by atoms with E-state index in [1.54, 1.807) is 0 Å². The minimum Gasteiger partial charge on any atom is -0.398 e. The molecule has 1 aliphatic rings. The van der Waals surface area contributed by atoms with Crippen molar-refractivity contribution in [3.63, 3.8) is 0 Å². The second-order valence-corrected chi connectivity index (χ2v) is 6.69. The Hall–Kier alpha value is -1.14. The van der Waals surface area contributed by atoms with Gasteiger partial charge in [-0.25, -0.2) is 13.1 Å². The Morgan fingerprint density at radius 2 is 2.22 bits per heavy atom. The van der Waals surface area contributed by atoms with Crippen LogP contribution in [0, 0.1) is 5.92 Å². The summed E-state index contributed by atoms with van der Waals surface area (Å²) in [6.07, 6.45) is 6.80. The van der Waals surface area contributed by atoms with Crippen LogP contribution in [0.4, 0.5) is 5.69 Å². The van der Waals surface area contributed by atoms with Crippen molar-refractivity contribution in [3.8, 4) is 0 Å². The average molecular weight is 269 g/mol. The first kappa shape index (κ1) is 13.3. The highest BCUT2D eigenvalue weighted by Crippen LogP contribution is 2.25. The Balaban J connectivity index is 2.15. The first-order valence-electron chi connectivity index (χ1n) is 6.21. The van der Waals surface area contributed by atoms with E-state index in [2.05, 4.69) is 16.6 Å². The molecule has 2 unspecified atom stereocenters.